The van der Waals surface area contributed by atoms with Gasteiger partial charge in [0, 0.05) is 34.3 Å². The van der Waals surface area contributed by atoms with Crippen LogP contribution in [0.4, 0.5) is 0 Å². The Bertz CT molecular complexity index is 463. The summed E-state index contributed by atoms with van der Waals surface area (Å²) in [6.07, 6.45) is 0. The van der Waals surface area contributed by atoms with E-state index in [2.05, 4.69) is 125 Å². The van der Waals surface area contributed by atoms with Gasteiger partial charge in [0.1, 0.15) is 0 Å². The van der Waals surface area contributed by atoms with Crippen LogP contribution >= 0.6 is 15.8 Å². The van der Waals surface area contributed by atoms with Crippen LogP contribution in [0.2, 0.25) is 0 Å². The summed E-state index contributed by atoms with van der Waals surface area (Å²) >= 11 is 0. The SMILES string of the molecule is CC(=O)O.CC(=O)O.CC(C)(C)P(C(C)(C)C)C(C)(C)C.CC(C)(C)P(C(C)(C)C)C(C)(C)C.[Pd]. The fourth-order valence-electron chi connectivity index (χ4n) is 6.04. The van der Waals surface area contributed by atoms with Crippen molar-refractivity contribution < 1.29 is 40.2 Å². The van der Waals surface area contributed by atoms with Crippen molar-refractivity contribution in [1.29, 1.82) is 0 Å². The minimum Gasteiger partial charge on any atom is -0.481 e. The van der Waals surface area contributed by atoms with Crippen molar-refractivity contribution in [3.05, 3.63) is 0 Å². The van der Waals surface area contributed by atoms with E-state index < -0.39 is 11.9 Å². The van der Waals surface area contributed by atoms with Crippen LogP contribution in [0.25, 0.3) is 0 Å². The molecule has 0 spiro atoms. The van der Waals surface area contributed by atoms with Gasteiger partial charge in [0.15, 0.2) is 0 Å². The predicted octanol–water partition coefficient (Wildman–Crippen LogP) is 9.91. The quantitative estimate of drug-likeness (QED) is 0.206. The van der Waals surface area contributed by atoms with Gasteiger partial charge in [-0.1, -0.05) is 140 Å². The fraction of sp³-hybridized carbons (Fsp3) is 0.929. The molecule has 7 heteroatoms. The van der Waals surface area contributed by atoms with Crippen molar-refractivity contribution in [3.8, 4) is 0 Å². The Kier molecular flexibility index (Phi) is 21.3. The van der Waals surface area contributed by atoms with E-state index in [1.165, 1.54) is 0 Å². The molecule has 0 radical (unpaired) electrons. The van der Waals surface area contributed by atoms with Gasteiger partial charge in [0.25, 0.3) is 11.9 Å². The predicted molar refractivity (Wildman–Crippen MR) is 159 cm³/mol. The maximum atomic E-state index is 9.00. The van der Waals surface area contributed by atoms with Crippen molar-refractivity contribution in [2.45, 2.75) is 169 Å². The smallest absolute Gasteiger partial charge is 0.300 e. The Labute approximate surface area is 236 Å². The number of rotatable bonds is 0. The number of carboxylic acid groups (broad SMARTS) is 2. The molecule has 218 valence electrons. The Morgan fingerprint density at radius 2 is 0.457 bits per heavy atom. The molecule has 0 aliphatic heterocycles. The monoisotopic (exact) mass is 630 g/mol. The molecule has 2 N–H and O–H groups in total. The maximum absolute atomic E-state index is 9.00. The Balaban J connectivity index is -0.000000128. The fourth-order valence-corrected chi connectivity index (χ4v) is 18.1. The summed E-state index contributed by atoms with van der Waals surface area (Å²) in [6, 6.07) is 0. The van der Waals surface area contributed by atoms with E-state index in [4.69, 9.17) is 19.8 Å². The van der Waals surface area contributed by atoms with Gasteiger partial charge in [0.2, 0.25) is 0 Å². The van der Waals surface area contributed by atoms with E-state index in [1.54, 1.807) is 0 Å². The second kappa shape index (κ2) is 16.4. The van der Waals surface area contributed by atoms with Gasteiger partial charge in [0.05, 0.1) is 0 Å². The van der Waals surface area contributed by atoms with Crippen LogP contribution < -0.4 is 0 Å². The topological polar surface area (TPSA) is 74.6 Å². The van der Waals surface area contributed by atoms with Crippen LogP contribution in [0.5, 0.6) is 0 Å². The maximum Gasteiger partial charge on any atom is 0.300 e. The van der Waals surface area contributed by atoms with Crippen molar-refractivity contribution in [2.24, 2.45) is 0 Å². The number of aliphatic carboxylic acids is 2. The second-order valence-corrected chi connectivity index (χ2v) is 24.1. The average Bonchev–Trinajstić information content (AvgIpc) is 2.23. The van der Waals surface area contributed by atoms with Gasteiger partial charge < -0.3 is 10.2 Å². The van der Waals surface area contributed by atoms with Gasteiger partial charge >= 0.3 is 0 Å². The summed E-state index contributed by atoms with van der Waals surface area (Å²) < 4.78 is 0. The standard InChI is InChI=1S/2C12H27P.2C2H4O2.Pd/c2*1-10(2,3)13(11(4,5)6)12(7,8)9;2*1-2(3)4;/h2*1-9H3;2*1H3,(H,3,4);. The van der Waals surface area contributed by atoms with Crippen molar-refractivity contribution >= 4 is 27.8 Å². The molecule has 0 atom stereocenters. The third-order valence-corrected chi connectivity index (χ3v) is 12.1. The molecule has 0 aromatic heterocycles. The molecule has 35 heavy (non-hydrogen) atoms. The van der Waals surface area contributed by atoms with Gasteiger partial charge in [-0.2, -0.15) is 0 Å². The first-order valence-electron chi connectivity index (χ1n) is 12.2. The van der Waals surface area contributed by atoms with Gasteiger partial charge in [-0.25, -0.2) is 0 Å². The molecule has 0 saturated heterocycles. The minimum atomic E-state index is -0.833. The van der Waals surface area contributed by atoms with Crippen molar-refractivity contribution in [2.75, 3.05) is 0 Å². The number of hydrogen-bond donors (Lipinski definition) is 2. The Morgan fingerprint density at radius 3 is 0.457 bits per heavy atom. The zero-order valence-electron chi connectivity index (χ0n) is 26.9. The van der Waals surface area contributed by atoms with Crippen molar-refractivity contribution in [1.82, 2.24) is 0 Å². The molecule has 0 bridgehead atoms. The summed E-state index contributed by atoms with van der Waals surface area (Å²) in [5.41, 5.74) is 0. The molecule has 0 aliphatic rings. The molecule has 0 aliphatic carbocycles. The molecule has 0 amide bonds. The molecule has 0 heterocycles. The molecule has 0 saturated carbocycles. The van der Waals surface area contributed by atoms with Gasteiger partial charge in [-0.15, -0.1) is 0 Å². The molecule has 0 fully saturated rings. The number of hydrogen-bond acceptors (Lipinski definition) is 2. The first-order valence-corrected chi connectivity index (χ1v) is 14.9. The van der Waals surface area contributed by atoms with E-state index in [-0.39, 0.29) is 36.3 Å². The summed E-state index contributed by atoms with van der Waals surface area (Å²) in [5.74, 6) is -1.67. The third-order valence-electron chi connectivity index (χ3n) is 4.02. The van der Waals surface area contributed by atoms with Crippen LogP contribution in [0.15, 0.2) is 0 Å². The molecule has 0 aromatic carbocycles. The summed E-state index contributed by atoms with van der Waals surface area (Å²) in [7, 11) is 0.0324. The Morgan fingerprint density at radius 1 is 0.400 bits per heavy atom. The normalized spacial score (nSPS) is 12.7. The van der Waals surface area contributed by atoms with Crippen LogP contribution in [0.3, 0.4) is 0 Å². The third kappa shape index (κ3) is 27.3. The zero-order valence-corrected chi connectivity index (χ0v) is 30.3. The van der Waals surface area contributed by atoms with Crippen LogP contribution in [0, 0.1) is 0 Å². The van der Waals surface area contributed by atoms with Crippen molar-refractivity contribution in [3.63, 3.8) is 0 Å². The largest absolute Gasteiger partial charge is 0.481 e. The van der Waals surface area contributed by atoms with E-state index >= 15 is 0 Å². The molecule has 0 aromatic rings. The van der Waals surface area contributed by atoms with E-state index in [0.29, 0.717) is 30.9 Å². The molecular formula is C28H62O4P2Pd. The summed E-state index contributed by atoms with van der Waals surface area (Å²) in [4.78, 5) is 18.0. The van der Waals surface area contributed by atoms with E-state index in [9.17, 15) is 0 Å². The van der Waals surface area contributed by atoms with Gasteiger partial charge in [-0.3, -0.25) is 9.59 Å². The minimum absolute atomic E-state index is 0. The average molecular weight is 631 g/mol. The first kappa shape index (κ1) is 45.4. The zero-order chi connectivity index (χ0) is 29.3. The number of carbonyl (C=O) groups is 2. The molecule has 0 rings (SSSR count). The van der Waals surface area contributed by atoms with Crippen LogP contribution in [0.1, 0.15) is 138 Å². The molecule has 0 unspecified atom stereocenters. The first-order chi connectivity index (χ1) is 14.2. The van der Waals surface area contributed by atoms with E-state index in [0.717, 1.165) is 13.8 Å². The molecule has 4 nitrogen and oxygen atoms in total. The van der Waals surface area contributed by atoms with Gasteiger partial charge in [-0.05, 0) is 30.9 Å². The van der Waals surface area contributed by atoms with E-state index in [1.807, 2.05) is 0 Å². The Hall–Kier alpha value is 0.462. The summed E-state index contributed by atoms with van der Waals surface area (Å²) in [5, 5.41) is 17.5. The van der Waals surface area contributed by atoms with Crippen LogP contribution in [-0.4, -0.2) is 53.1 Å². The summed E-state index contributed by atoms with van der Waals surface area (Å²) in [6.45, 7) is 45.1. The number of carboxylic acids is 2. The van der Waals surface area contributed by atoms with Crippen LogP contribution in [-0.2, 0) is 30.0 Å². The molecular weight excluding hydrogens is 569 g/mol. The second-order valence-electron chi connectivity index (χ2n) is 14.7.